The van der Waals surface area contributed by atoms with E-state index in [2.05, 4.69) is 22.0 Å². The fourth-order valence-electron chi connectivity index (χ4n) is 3.01. The fourth-order valence-corrected chi connectivity index (χ4v) is 3.01. The van der Waals surface area contributed by atoms with Crippen molar-refractivity contribution in [3.63, 3.8) is 0 Å². The summed E-state index contributed by atoms with van der Waals surface area (Å²) in [6, 6.07) is 8.20. The van der Waals surface area contributed by atoms with E-state index in [0.29, 0.717) is 0 Å². The lowest BCUT2D eigenvalue weighted by Crippen LogP contribution is -2.37. The Hall–Kier alpha value is -1.74. The Balaban J connectivity index is 1.85. The highest BCUT2D eigenvalue weighted by molar-refractivity contribution is 5.78. The van der Waals surface area contributed by atoms with Crippen LogP contribution in [0.4, 0.5) is 0 Å². The van der Waals surface area contributed by atoms with Crippen LogP contribution in [0.5, 0.6) is 0 Å². The van der Waals surface area contributed by atoms with Crippen molar-refractivity contribution in [1.82, 2.24) is 14.9 Å². The summed E-state index contributed by atoms with van der Waals surface area (Å²) in [4.78, 5) is 11.6. The van der Waals surface area contributed by atoms with Crippen LogP contribution in [0.15, 0.2) is 36.0 Å². The standard InChI is InChI=1S/C15H15N3/c1-2-15-14(16-7-1)4-3-13(17-15)12-10-18-8-5-11(12)6-9-18/h1-4,7H,5-6,8-10H2. The zero-order valence-electron chi connectivity index (χ0n) is 10.3. The molecular weight excluding hydrogens is 222 g/mol. The third-order valence-electron chi connectivity index (χ3n) is 4.03. The number of piperidine rings is 1. The summed E-state index contributed by atoms with van der Waals surface area (Å²) < 4.78 is 0. The van der Waals surface area contributed by atoms with Crippen LogP contribution in [0, 0.1) is 0 Å². The van der Waals surface area contributed by atoms with Crippen LogP contribution >= 0.6 is 0 Å². The summed E-state index contributed by atoms with van der Waals surface area (Å²) in [5.74, 6) is 0. The molecule has 0 N–H and O–H groups in total. The Morgan fingerprint density at radius 1 is 1.00 bits per heavy atom. The van der Waals surface area contributed by atoms with E-state index < -0.39 is 0 Å². The number of rotatable bonds is 1. The van der Waals surface area contributed by atoms with Gasteiger partial charge < -0.3 is 0 Å². The molecule has 3 aliphatic rings. The molecule has 1 fully saturated rings. The molecule has 0 aliphatic carbocycles. The van der Waals surface area contributed by atoms with Gasteiger partial charge in [-0.05, 0) is 42.7 Å². The SMILES string of the molecule is c1cnc2ccc(C3=C4CCN(CC4)C3)nc2c1. The van der Waals surface area contributed by atoms with Gasteiger partial charge in [0.1, 0.15) is 0 Å². The van der Waals surface area contributed by atoms with E-state index in [1.165, 1.54) is 31.5 Å². The number of fused-ring (bicyclic) bond motifs is 4. The number of hydrogen-bond donors (Lipinski definition) is 0. The van der Waals surface area contributed by atoms with Crippen molar-refractivity contribution in [1.29, 1.82) is 0 Å². The largest absolute Gasteiger partial charge is 0.298 e. The molecule has 5 heterocycles. The molecule has 3 aliphatic heterocycles. The first-order chi connectivity index (χ1) is 8.90. The molecule has 0 radical (unpaired) electrons. The summed E-state index contributed by atoms with van der Waals surface area (Å²) >= 11 is 0. The second-order valence-electron chi connectivity index (χ2n) is 5.10. The van der Waals surface area contributed by atoms with Crippen molar-refractivity contribution < 1.29 is 0 Å². The minimum Gasteiger partial charge on any atom is -0.298 e. The summed E-state index contributed by atoms with van der Waals surface area (Å²) in [5, 5.41) is 0. The van der Waals surface area contributed by atoms with Gasteiger partial charge in [-0.3, -0.25) is 9.88 Å². The van der Waals surface area contributed by atoms with Gasteiger partial charge in [-0.1, -0.05) is 5.57 Å². The monoisotopic (exact) mass is 237 g/mol. The van der Waals surface area contributed by atoms with Crippen LogP contribution < -0.4 is 0 Å². The molecule has 3 heteroatoms. The van der Waals surface area contributed by atoms with E-state index in [1.807, 2.05) is 18.3 Å². The highest BCUT2D eigenvalue weighted by atomic mass is 15.1. The molecule has 1 saturated heterocycles. The molecule has 90 valence electrons. The summed E-state index contributed by atoms with van der Waals surface area (Å²) in [6.07, 6.45) is 4.27. The van der Waals surface area contributed by atoms with Gasteiger partial charge in [-0.15, -0.1) is 0 Å². The Labute approximate surface area is 106 Å². The minimum absolute atomic E-state index is 0.980. The first kappa shape index (κ1) is 10.2. The first-order valence-corrected chi connectivity index (χ1v) is 6.55. The molecular formula is C15H15N3. The number of pyridine rings is 2. The molecule has 0 unspecified atom stereocenters. The topological polar surface area (TPSA) is 29.0 Å². The lowest BCUT2D eigenvalue weighted by atomic mass is 9.90. The first-order valence-electron chi connectivity index (χ1n) is 6.55. The van der Waals surface area contributed by atoms with Gasteiger partial charge in [0, 0.05) is 25.8 Å². The quantitative estimate of drug-likeness (QED) is 0.763. The van der Waals surface area contributed by atoms with Gasteiger partial charge >= 0.3 is 0 Å². The maximum Gasteiger partial charge on any atom is 0.0894 e. The zero-order chi connectivity index (χ0) is 11.9. The van der Waals surface area contributed by atoms with E-state index in [4.69, 9.17) is 4.98 Å². The Morgan fingerprint density at radius 2 is 1.89 bits per heavy atom. The lowest BCUT2D eigenvalue weighted by Gasteiger charge is -2.36. The van der Waals surface area contributed by atoms with Crippen molar-refractivity contribution >= 4 is 16.6 Å². The molecule has 0 saturated carbocycles. The number of nitrogens with zero attached hydrogens (tertiary/aromatic N) is 3. The molecule has 0 aromatic carbocycles. The van der Waals surface area contributed by atoms with Crippen LogP contribution in [0.3, 0.4) is 0 Å². The van der Waals surface area contributed by atoms with E-state index in [0.717, 1.165) is 23.3 Å². The highest BCUT2D eigenvalue weighted by Crippen LogP contribution is 2.32. The third-order valence-corrected chi connectivity index (χ3v) is 4.03. The van der Waals surface area contributed by atoms with Gasteiger partial charge in [-0.2, -0.15) is 0 Å². The van der Waals surface area contributed by atoms with E-state index >= 15 is 0 Å². The summed E-state index contributed by atoms with van der Waals surface area (Å²) in [5.41, 5.74) is 6.20. The Kier molecular flexibility index (Phi) is 2.20. The van der Waals surface area contributed by atoms with Gasteiger partial charge in [0.2, 0.25) is 0 Å². The van der Waals surface area contributed by atoms with Crippen LogP contribution in [-0.4, -0.2) is 34.5 Å². The number of aromatic nitrogens is 2. The highest BCUT2D eigenvalue weighted by Gasteiger charge is 2.25. The van der Waals surface area contributed by atoms with Gasteiger partial charge in [0.25, 0.3) is 0 Å². The van der Waals surface area contributed by atoms with E-state index in [-0.39, 0.29) is 0 Å². The van der Waals surface area contributed by atoms with Gasteiger partial charge in [0.15, 0.2) is 0 Å². The van der Waals surface area contributed by atoms with Crippen LogP contribution in [-0.2, 0) is 0 Å². The molecule has 2 aromatic heterocycles. The molecule has 3 nitrogen and oxygen atoms in total. The maximum atomic E-state index is 4.77. The predicted molar refractivity (Wildman–Crippen MR) is 72.1 cm³/mol. The molecule has 0 spiro atoms. The van der Waals surface area contributed by atoms with Crippen molar-refractivity contribution in [3.05, 3.63) is 41.7 Å². The Morgan fingerprint density at radius 3 is 2.67 bits per heavy atom. The fraction of sp³-hybridized carbons (Fsp3) is 0.333. The van der Waals surface area contributed by atoms with E-state index in [1.54, 1.807) is 5.57 Å². The van der Waals surface area contributed by atoms with Gasteiger partial charge in [-0.25, -0.2) is 4.98 Å². The third kappa shape index (κ3) is 1.55. The van der Waals surface area contributed by atoms with E-state index in [9.17, 15) is 0 Å². The molecule has 18 heavy (non-hydrogen) atoms. The zero-order valence-corrected chi connectivity index (χ0v) is 10.3. The average molecular weight is 237 g/mol. The molecule has 2 aromatic rings. The van der Waals surface area contributed by atoms with Crippen LogP contribution in [0.2, 0.25) is 0 Å². The molecule has 2 bridgehead atoms. The van der Waals surface area contributed by atoms with Crippen LogP contribution in [0.1, 0.15) is 18.5 Å². The lowest BCUT2D eigenvalue weighted by molar-refractivity contribution is 0.268. The molecule has 5 rings (SSSR count). The predicted octanol–water partition coefficient (Wildman–Crippen LogP) is 2.49. The normalized spacial score (nSPS) is 19.8. The molecule has 0 atom stereocenters. The number of hydrogen-bond acceptors (Lipinski definition) is 3. The second kappa shape index (κ2) is 3.89. The molecule has 0 amide bonds. The summed E-state index contributed by atoms with van der Waals surface area (Å²) in [7, 11) is 0. The van der Waals surface area contributed by atoms with Gasteiger partial charge in [0.05, 0.1) is 16.7 Å². The van der Waals surface area contributed by atoms with Crippen LogP contribution in [0.25, 0.3) is 16.6 Å². The second-order valence-corrected chi connectivity index (χ2v) is 5.10. The van der Waals surface area contributed by atoms with Crippen molar-refractivity contribution in [2.45, 2.75) is 12.8 Å². The Bertz CT molecular complexity index is 635. The van der Waals surface area contributed by atoms with Crippen molar-refractivity contribution in [3.8, 4) is 0 Å². The maximum absolute atomic E-state index is 4.77. The van der Waals surface area contributed by atoms with Crippen molar-refractivity contribution in [2.75, 3.05) is 19.6 Å². The summed E-state index contributed by atoms with van der Waals surface area (Å²) in [6.45, 7) is 3.54. The smallest absolute Gasteiger partial charge is 0.0894 e. The van der Waals surface area contributed by atoms with Crippen molar-refractivity contribution in [2.24, 2.45) is 0 Å². The minimum atomic E-state index is 0.980. The average Bonchev–Trinajstić information content (AvgIpc) is 2.48.